The largest absolute Gasteiger partial charge is 0.0897 e. The fraction of sp³-hybridized carbons (Fsp3) is 0.909. The van der Waals surface area contributed by atoms with E-state index in [1.807, 2.05) is 27.7 Å². The molecule has 1 unspecified atom stereocenters. The molecule has 0 heterocycles. The van der Waals surface area contributed by atoms with Gasteiger partial charge in [0.05, 0.1) is 0 Å². The van der Waals surface area contributed by atoms with E-state index in [0.29, 0.717) is 0 Å². The number of hydrogen-bond donors (Lipinski definition) is 0. The summed E-state index contributed by atoms with van der Waals surface area (Å²) < 4.78 is 0. The van der Waals surface area contributed by atoms with Crippen LogP contribution in [0.2, 0.25) is 0 Å². The van der Waals surface area contributed by atoms with Crippen LogP contribution in [0.3, 0.4) is 0 Å². The summed E-state index contributed by atoms with van der Waals surface area (Å²) in [5.41, 5.74) is 0. The molecule has 12 heavy (non-hydrogen) atoms. The molecule has 0 spiro atoms. The molecule has 0 aromatic carbocycles. The molecular weight excluding hydrogens is 164 g/mol. The Kier molecular flexibility index (Phi) is 13.5. The molecule has 0 radical (unpaired) electrons. The highest BCUT2D eigenvalue weighted by molar-refractivity contribution is 7.80. The SMILES string of the molecule is CC.CC.CC1CCCC(=S)C1. The van der Waals surface area contributed by atoms with E-state index >= 15 is 0 Å². The molecular formula is C11H24S. The highest BCUT2D eigenvalue weighted by Crippen LogP contribution is 2.20. The van der Waals surface area contributed by atoms with Gasteiger partial charge < -0.3 is 0 Å². The van der Waals surface area contributed by atoms with E-state index in [4.69, 9.17) is 12.2 Å². The van der Waals surface area contributed by atoms with Crippen LogP contribution in [-0.2, 0) is 0 Å². The topological polar surface area (TPSA) is 0 Å². The lowest BCUT2D eigenvalue weighted by Gasteiger charge is -2.17. The standard InChI is InChI=1S/C7H12S.2C2H6/c1-6-3-2-4-7(8)5-6;2*1-2/h6H,2-5H2,1H3;2*1-2H3. The summed E-state index contributed by atoms with van der Waals surface area (Å²) in [6.45, 7) is 10.3. The molecule has 0 bridgehead atoms. The van der Waals surface area contributed by atoms with Gasteiger partial charge in [-0.1, -0.05) is 53.3 Å². The van der Waals surface area contributed by atoms with Gasteiger partial charge >= 0.3 is 0 Å². The summed E-state index contributed by atoms with van der Waals surface area (Å²) in [5, 5.41) is 0. The number of hydrogen-bond acceptors (Lipinski definition) is 1. The third kappa shape index (κ3) is 8.19. The Hall–Kier alpha value is 0.0900. The first-order valence-electron chi connectivity index (χ1n) is 5.31. The van der Waals surface area contributed by atoms with E-state index in [1.54, 1.807) is 0 Å². The Bertz CT molecular complexity index is 97.2. The Labute approximate surface area is 83.8 Å². The maximum absolute atomic E-state index is 5.08. The van der Waals surface area contributed by atoms with Crippen molar-refractivity contribution in [2.75, 3.05) is 0 Å². The molecule has 0 nitrogen and oxygen atoms in total. The van der Waals surface area contributed by atoms with E-state index in [1.165, 1.54) is 30.5 Å². The summed E-state index contributed by atoms with van der Waals surface area (Å²) in [6, 6.07) is 0. The van der Waals surface area contributed by atoms with Crippen molar-refractivity contribution in [3.63, 3.8) is 0 Å². The minimum absolute atomic E-state index is 0.872. The van der Waals surface area contributed by atoms with Gasteiger partial charge in [-0.25, -0.2) is 0 Å². The quantitative estimate of drug-likeness (QED) is 0.500. The van der Waals surface area contributed by atoms with Gasteiger partial charge in [0.25, 0.3) is 0 Å². The summed E-state index contributed by atoms with van der Waals surface area (Å²) >= 11 is 5.08. The van der Waals surface area contributed by atoms with Crippen LogP contribution in [0.5, 0.6) is 0 Å². The van der Waals surface area contributed by atoms with Gasteiger partial charge in [0.1, 0.15) is 0 Å². The summed E-state index contributed by atoms with van der Waals surface area (Å²) in [4.78, 5) is 1.30. The van der Waals surface area contributed by atoms with Crippen molar-refractivity contribution in [1.29, 1.82) is 0 Å². The zero-order chi connectivity index (χ0) is 9.98. The van der Waals surface area contributed by atoms with Gasteiger partial charge in [0.2, 0.25) is 0 Å². The Morgan fingerprint density at radius 3 is 1.92 bits per heavy atom. The molecule has 0 aromatic rings. The molecule has 1 fully saturated rings. The molecule has 1 aliphatic rings. The van der Waals surface area contributed by atoms with Crippen molar-refractivity contribution < 1.29 is 0 Å². The predicted molar refractivity (Wildman–Crippen MR) is 62.9 cm³/mol. The van der Waals surface area contributed by atoms with Crippen LogP contribution >= 0.6 is 12.2 Å². The fourth-order valence-electron chi connectivity index (χ4n) is 1.24. The van der Waals surface area contributed by atoms with E-state index in [0.717, 1.165) is 5.92 Å². The number of thiocarbonyl (C=S) groups is 1. The molecule has 0 amide bonds. The Morgan fingerprint density at radius 1 is 1.17 bits per heavy atom. The maximum atomic E-state index is 5.08. The summed E-state index contributed by atoms with van der Waals surface area (Å²) in [5.74, 6) is 0.872. The van der Waals surface area contributed by atoms with Crippen LogP contribution in [0.25, 0.3) is 0 Å². The molecule has 0 aromatic heterocycles. The van der Waals surface area contributed by atoms with Gasteiger partial charge in [-0.2, -0.15) is 0 Å². The molecule has 0 aliphatic heterocycles. The lowest BCUT2D eigenvalue weighted by molar-refractivity contribution is 0.505. The fourth-order valence-corrected chi connectivity index (χ4v) is 1.67. The Balaban J connectivity index is 0. The van der Waals surface area contributed by atoms with Crippen molar-refractivity contribution in [3.8, 4) is 0 Å². The normalized spacial score (nSPS) is 21.4. The first kappa shape index (κ1) is 14.6. The first-order chi connectivity index (χ1) is 5.79. The van der Waals surface area contributed by atoms with Crippen molar-refractivity contribution in [1.82, 2.24) is 0 Å². The molecule has 1 atom stereocenters. The second kappa shape index (κ2) is 11.1. The van der Waals surface area contributed by atoms with Gasteiger partial charge in [0.15, 0.2) is 0 Å². The van der Waals surface area contributed by atoms with Crippen LogP contribution in [0.15, 0.2) is 0 Å². The molecule has 0 N–H and O–H groups in total. The van der Waals surface area contributed by atoms with Gasteiger partial charge in [-0.3, -0.25) is 0 Å². The predicted octanol–water partition coefficient (Wildman–Crippen LogP) is 4.62. The zero-order valence-electron chi connectivity index (χ0n) is 9.31. The smallest absolute Gasteiger partial charge is 0.00688 e. The van der Waals surface area contributed by atoms with Gasteiger partial charge in [-0.05, 0) is 30.0 Å². The third-order valence-electron chi connectivity index (χ3n) is 1.73. The van der Waals surface area contributed by atoms with E-state index < -0.39 is 0 Å². The van der Waals surface area contributed by atoms with Crippen molar-refractivity contribution in [2.45, 2.75) is 60.3 Å². The van der Waals surface area contributed by atoms with Crippen LogP contribution < -0.4 is 0 Å². The van der Waals surface area contributed by atoms with Crippen LogP contribution in [-0.4, -0.2) is 4.86 Å². The average molecular weight is 188 g/mol. The monoisotopic (exact) mass is 188 g/mol. The van der Waals surface area contributed by atoms with Crippen LogP contribution in [0, 0.1) is 5.92 Å². The lowest BCUT2D eigenvalue weighted by Crippen LogP contribution is -2.09. The Morgan fingerprint density at radius 2 is 1.67 bits per heavy atom. The molecule has 74 valence electrons. The van der Waals surface area contributed by atoms with E-state index in [2.05, 4.69) is 6.92 Å². The highest BCUT2D eigenvalue weighted by atomic mass is 32.1. The van der Waals surface area contributed by atoms with Crippen molar-refractivity contribution in [3.05, 3.63) is 0 Å². The molecule has 0 saturated heterocycles. The van der Waals surface area contributed by atoms with E-state index in [-0.39, 0.29) is 0 Å². The summed E-state index contributed by atoms with van der Waals surface area (Å²) in [6.07, 6.45) is 5.13. The average Bonchev–Trinajstić information content (AvgIpc) is 2.11. The second-order valence-electron chi connectivity index (χ2n) is 2.74. The molecule has 1 aliphatic carbocycles. The molecule has 1 heteroatoms. The molecule has 1 rings (SSSR count). The van der Waals surface area contributed by atoms with Crippen molar-refractivity contribution in [2.24, 2.45) is 5.92 Å². The third-order valence-corrected chi connectivity index (χ3v) is 2.10. The van der Waals surface area contributed by atoms with Crippen molar-refractivity contribution >= 4 is 17.1 Å². The van der Waals surface area contributed by atoms with E-state index in [9.17, 15) is 0 Å². The second-order valence-corrected chi connectivity index (χ2v) is 3.32. The van der Waals surface area contributed by atoms with Gasteiger partial charge in [0, 0.05) is 0 Å². The summed E-state index contributed by atoms with van der Waals surface area (Å²) in [7, 11) is 0. The van der Waals surface area contributed by atoms with Crippen LogP contribution in [0.4, 0.5) is 0 Å². The molecule has 1 saturated carbocycles. The first-order valence-corrected chi connectivity index (χ1v) is 5.71. The lowest BCUT2D eigenvalue weighted by atomic mass is 9.91. The maximum Gasteiger partial charge on any atom is -0.00688 e. The highest BCUT2D eigenvalue weighted by Gasteiger charge is 2.11. The number of rotatable bonds is 0. The van der Waals surface area contributed by atoms with Gasteiger partial charge in [-0.15, -0.1) is 0 Å². The zero-order valence-corrected chi connectivity index (χ0v) is 10.1. The minimum atomic E-state index is 0.872. The van der Waals surface area contributed by atoms with Crippen LogP contribution in [0.1, 0.15) is 60.3 Å². The minimum Gasteiger partial charge on any atom is -0.0897 e.